The van der Waals surface area contributed by atoms with Gasteiger partial charge in [0.15, 0.2) is 5.50 Å². The van der Waals surface area contributed by atoms with Crippen LogP contribution in [0.2, 0.25) is 0 Å². The molecule has 1 unspecified atom stereocenters. The number of rotatable bonds is 4. The van der Waals surface area contributed by atoms with Gasteiger partial charge in [0.1, 0.15) is 18.3 Å². The highest BCUT2D eigenvalue weighted by Gasteiger charge is 2.45. The Balaban J connectivity index is 2.12. The third-order valence-electron chi connectivity index (χ3n) is 4.12. The molecule has 2 aliphatic rings. The molecule has 2 aliphatic heterocycles. The number of hydrogen-bond acceptors (Lipinski definition) is 6. The van der Waals surface area contributed by atoms with Crippen molar-refractivity contribution in [3.63, 3.8) is 0 Å². The maximum absolute atomic E-state index is 10.4. The number of aliphatic imine (C=N–C) groups is 1. The minimum Gasteiger partial charge on any atom is -0.388 e. The Morgan fingerprint density at radius 3 is 2.64 bits per heavy atom. The van der Waals surface area contributed by atoms with E-state index >= 15 is 0 Å². The van der Waals surface area contributed by atoms with Crippen molar-refractivity contribution >= 4 is 31.5 Å². The second-order valence-electron chi connectivity index (χ2n) is 6.84. The van der Waals surface area contributed by atoms with Gasteiger partial charge < -0.3 is 19.8 Å². The number of nitrogens with zero attached hydrogens (tertiary/aromatic N) is 2. The van der Waals surface area contributed by atoms with Gasteiger partial charge >= 0.3 is 0 Å². The fourth-order valence-corrected chi connectivity index (χ4v) is 3.91. The third kappa shape index (κ3) is 3.98. The van der Waals surface area contributed by atoms with Gasteiger partial charge in [-0.3, -0.25) is 4.99 Å². The third-order valence-corrected chi connectivity index (χ3v) is 6.07. The first-order valence-corrected chi connectivity index (χ1v) is 11.0. The molecule has 0 aromatic rings. The maximum Gasteiger partial charge on any atom is 0.165 e. The summed E-state index contributed by atoms with van der Waals surface area (Å²) in [5.74, 6) is 0. The highest BCUT2D eigenvalue weighted by Crippen LogP contribution is 2.39. The van der Waals surface area contributed by atoms with Crippen LogP contribution in [0.4, 0.5) is 0 Å². The van der Waals surface area contributed by atoms with Crippen molar-refractivity contribution < 1.29 is 14.9 Å². The highest BCUT2D eigenvalue weighted by atomic mass is 32.1. The van der Waals surface area contributed by atoms with Gasteiger partial charge in [0.2, 0.25) is 0 Å². The Morgan fingerprint density at radius 1 is 1.41 bits per heavy atom. The summed E-state index contributed by atoms with van der Waals surface area (Å²) in [6.45, 7) is 5.02. The number of aliphatic hydroxyl groups excluding tert-OH is 2. The van der Waals surface area contributed by atoms with Crippen LogP contribution in [0.25, 0.3) is 0 Å². The van der Waals surface area contributed by atoms with Gasteiger partial charge in [-0.15, -0.1) is 25.8 Å². The van der Waals surface area contributed by atoms with Crippen LogP contribution < -0.4 is 0 Å². The quantitative estimate of drug-likeness (QED) is 0.526. The Hall–Kier alpha value is -0.260. The summed E-state index contributed by atoms with van der Waals surface area (Å²) in [6.07, 6.45) is 5.02. The molecule has 2 N–H and O–H groups in total. The Kier molecular flexibility index (Phi) is 5.50. The summed E-state index contributed by atoms with van der Waals surface area (Å²) >= 11 is 4.36. The van der Waals surface area contributed by atoms with E-state index in [4.69, 9.17) is 4.74 Å². The summed E-state index contributed by atoms with van der Waals surface area (Å²) in [4.78, 5) is 6.27. The van der Waals surface area contributed by atoms with E-state index in [9.17, 15) is 10.2 Å². The zero-order valence-corrected chi connectivity index (χ0v) is 15.5. The molecule has 7 heteroatoms. The summed E-state index contributed by atoms with van der Waals surface area (Å²) in [7, 11) is 1.87. The lowest BCUT2D eigenvalue weighted by atomic mass is 9.98. The maximum atomic E-state index is 10.4. The molecule has 0 radical (unpaired) electrons. The largest absolute Gasteiger partial charge is 0.388 e. The first-order chi connectivity index (χ1) is 10.1. The first kappa shape index (κ1) is 18.1. The molecule has 0 saturated carbocycles. The SMILES string of the molecule is C=P(C)(C)CC[C@H]1O[C@@H](C2=CN(C)C(S)N=C2C)[C@H](O)[C@@H]1O. The van der Waals surface area contributed by atoms with E-state index in [0.29, 0.717) is 6.42 Å². The van der Waals surface area contributed by atoms with Crippen molar-refractivity contribution in [1.29, 1.82) is 0 Å². The molecule has 1 saturated heterocycles. The van der Waals surface area contributed by atoms with Gasteiger partial charge in [0.05, 0.1) is 6.10 Å². The van der Waals surface area contributed by atoms with Crippen molar-refractivity contribution in [2.24, 2.45) is 4.99 Å². The van der Waals surface area contributed by atoms with Crippen molar-refractivity contribution in [3.05, 3.63) is 11.8 Å². The van der Waals surface area contributed by atoms with E-state index in [-0.39, 0.29) is 11.6 Å². The molecule has 22 heavy (non-hydrogen) atoms. The molecule has 126 valence electrons. The Labute approximate surface area is 138 Å². The van der Waals surface area contributed by atoms with E-state index in [2.05, 4.69) is 37.3 Å². The standard InChI is InChI=1S/C15H27N2O3PS/c1-9-10(8-17(2)15(22)16-9)14-13(19)12(18)11(20-14)6-7-21(3,4)5/h8,11-15,18-19,22H,3,6-7H2,1-2,4-5H3/t11-,12-,13-,14+,15?/m1/s1. The van der Waals surface area contributed by atoms with E-state index in [1.165, 1.54) is 0 Å². The lowest BCUT2D eigenvalue weighted by molar-refractivity contribution is 0.0192. The second-order valence-corrected chi connectivity index (χ2v) is 11.6. The van der Waals surface area contributed by atoms with Crippen LogP contribution >= 0.6 is 19.5 Å². The molecule has 0 amide bonds. The average molecular weight is 346 g/mol. The fraction of sp³-hybridized carbons (Fsp3) is 0.733. The van der Waals surface area contributed by atoms with Gasteiger partial charge in [-0.25, -0.2) is 0 Å². The molecule has 2 rings (SSSR count). The fourth-order valence-electron chi connectivity index (χ4n) is 2.72. The molecule has 1 fully saturated rings. The Bertz CT molecular complexity index is 531. The lowest BCUT2D eigenvalue weighted by Crippen LogP contribution is -2.37. The van der Waals surface area contributed by atoms with Gasteiger partial charge in [-0.2, -0.15) is 0 Å². The van der Waals surface area contributed by atoms with Crippen LogP contribution in [0.5, 0.6) is 0 Å². The zero-order valence-electron chi connectivity index (χ0n) is 13.7. The summed E-state index contributed by atoms with van der Waals surface area (Å²) in [5, 5.41) is 20.6. The Morgan fingerprint density at radius 2 is 2.05 bits per heavy atom. The normalized spacial score (nSPS) is 36.3. The minimum atomic E-state index is -1.18. The summed E-state index contributed by atoms with van der Waals surface area (Å²) in [5.41, 5.74) is 1.38. The van der Waals surface area contributed by atoms with Gasteiger partial charge in [0.25, 0.3) is 0 Å². The predicted octanol–water partition coefficient (Wildman–Crippen LogP) is 1.08. The molecule has 0 spiro atoms. The van der Waals surface area contributed by atoms with E-state index < -0.39 is 25.2 Å². The lowest BCUT2D eigenvalue weighted by Gasteiger charge is -2.29. The molecule has 2 heterocycles. The average Bonchev–Trinajstić information content (AvgIpc) is 2.68. The highest BCUT2D eigenvalue weighted by molar-refractivity contribution is 7.80. The number of hydrogen-bond donors (Lipinski definition) is 3. The van der Waals surface area contributed by atoms with Crippen molar-refractivity contribution in [2.45, 2.75) is 43.3 Å². The van der Waals surface area contributed by atoms with Crippen molar-refractivity contribution in [3.8, 4) is 0 Å². The summed E-state index contributed by atoms with van der Waals surface area (Å²) in [6, 6.07) is 0. The van der Waals surface area contributed by atoms with E-state index in [1.54, 1.807) is 0 Å². The van der Waals surface area contributed by atoms with E-state index in [0.717, 1.165) is 17.4 Å². The number of aliphatic hydroxyl groups is 2. The molecule has 0 aromatic heterocycles. The number of thiol groups is 1. The zero-order chi connectivity index (χ0) is 16.7. The monoisotopic (exact) mass is 346 g/mol. The molecular weight excluding hydrogens is 319 g/mol. The molecule has 0 aliphatic carbocycles. The van der Waals surface area contributed by atoms with Gasteiger partial charge in [-0.1, -0.05) is 0 Å². The molecule has 0 aromatic carbocycles. The summed E-state index contributed by atoms with van der Waals surface area (Å²) < 4.78 is 5.96. The van der Waals surface area contributed by atoms with E-state index in [1.807, 2.05) is 25.1 Å². The van der Waals surface area contributed by atoms with Crippen molar-refractivity contribution in [1.82, 2.24) is 4.90 Å². The van der Waals surface area contributed by atoms with Crippen LogP contribution in [0.1, 0.15) is 13.3 Å². The molecular formula is C15H27N2O3PS. The van der Waals surface area contributed by atoms with Crippen molar-refractivity contribution in [2.75, 3.05) is 26.5 Å². The van der Waals surface area contributed by atoms with Crippen LogP contribution in [0, 0.1) is 0 Å². The smallest absolute Gasteiger partial charge is 0.165 e. The topological polar surface area (TPSA) is 65.3 Å². The van der Waals surface area contributed by atoms with Crippen LogP contribution in [-0.4, -0.2) is 83.6 Å². The number of ether oxygens (including phenoxy) is 1. The molecule has 5 nitrogen and oxygen atoms in total. The second kappa shape index (κ2) is 6.70. The van der Waals surface area contributed by atoms with Crippen LogP contribution in [-0.2, 0) is 4.74 Å². The van der Waals surface area contributed by atoms with Crippen LogP contribution in [0.15, 0.2) is 16.8 Å². The van der Waals surface area contributed by atoms with Gasteiger partial charge in [-0.05, 0) is 32.8 Å². The van der Waals surface area contributed by atoms with Gasteiger partial charge in [0, 0.05) is 24.5 Å². The first-order valence-electron chi connectivity index (χ1n) is 7.45. The van der Waals surface area contributed by atoms with Crippen LogP contribution in [0.3, 0.4) is 0 Å². The minimum absolute atomic E-state index is 0.222. The molecule has 0 bridgehead atoms. The predicted molar refractivity (Wildman–Crippen MR) is 97.8 cm³/mol. The molecule has 5 atom stereocenters.